The van der Waals surface area contributed by atoms with Crippen LogP contribution in [0.4, 0.5) is 0 Å². The molecule has 0 aliphatic carbocycles. The van der Waals surface area contributed by atoms with Crippen LogP contribution in [0.3, 0.4) is 0 Å². The van der Waals surface area contributed by atoms with Crippen molar-refractivity contribution >= 4 is 31.5 Å². The van der Waals surface area contributed by atoms with Crippen LogP contribution in [0, 0.1) is 13.8 Å². The van der Waals surface area contributed by atoms with Gasteiger partial charge < -0.3 is 0 Å². The minimum Gasteiger partial charge on any atom is -0.253 e. The molecule has 0 atom stereocenters. The van der Waals surface area contributed by atoms with Crippen molar-refractivity contribution in [2.75, 3.05) is 0 Å². The summed E-state index contributed by atoms with van der Waals surface area (Å²) in [4.78, 5) is 5.02. The van der Waals surface area contributed by atoms with Gasteiger partial charge in [-0.3, -0.25) is 4.98 Å². The lowest BCUT2D eigenvalue weighted by atomic mass is 9.92. The molecular formula is C32H27N2S+. The van der Waals surface area contributed by atoms with E-state index in [0.717, 1.165) is 17.8 Å². The molecule has 0 aliphatic rings. The van der Waals surface area contributed by atoms with Crippen molar-refractivity contribution in [2.24, 2.45) is 7.05 Å². The van der Waals surface area contributed by atoms with Crippen LogP contribution in [-0.4, -0.2) is 4.98 Å². The van der Waals surface area contributed by atoms with Gasteiger partial charge in [0.25, 0.3) is 0 Å². The molecule has 0 radical (unpaired) electrons. The Morgan fingerprint density at radius 2 is 1.57 bits per heavy atom. The van der Waals surface area contributed by atoms with E-state index in [2.05, 4.69) is 123 Å². The molecular weight excluding hydrogens is 444 g/mol. The summed E-state index contributed by atoms with van der Waals surface area (Å²) in [5.74, 6) is 0. The Hall–Kier alpha value is -3.82. The van der Waals surface area contributed by atoms with Crippen LogP contribution >= 0.6 is 11.3 Å². The third-order valence-corrected chi connectivity index (χ3v) is 7.92. The van der Waals surface area contributed by atoms with Gasteiger partial charge in [0.1, 0.15) is 7.05 Å². The average molecular weight is 472 g/mol. The van der Waals surface area contributed by atoms with E-state index in [1.165, 1.54) is 53.7 Å². The lowest BCUT2D eigenvalue weighted by Crippen LogP contribution is -2.30. The molecule has 3 aromatic carbocycles. The number of hydrogen-bond acceptors (Lipinski definition) is 2. The highest BCUT2D eigenvalue weighted by Crippen LogP contribution is 2.42. The molecule has 3 heteroatoms. The number of fused-ring (bicyclic) bond motifs is 3. The summed E-state index contributed by atoms with van der Waals surface area (Å²) in [6.07, 6.45) is 2.96. The van der Waals surface area contributed by atoms with Crippen molar-refractivity contribution < 1.29 is 4.57 Å². The summed E-state index contributed by atoms with van der Waals surface area (Å²) < 4.78 is 4.84. The van der Waals surface area contributed by atoms with Gasteiger partial charge in [-0.1, -0.05) is 48.5 Å². The standard InChI is InChI=1S/C32H27N2S/c1-21-18-22(2)33-28(19-21)31-24(15-16-27-26-12-6-7-14-30(26)35-32(27)31)20-23-10-4-5-11-25(23)29-13-8-9-17-34(29)3/h4-19H,20H2,1-3H3/q+1. The predicted molar refractivity (Wildman–Crippen MR) is 148 cm³/mol. The zero-order valence-electron chi connectivity index (χ0n) is 20.2. The number of thiophene rings is 1. The fourth-order valence-electron chi connectivity index (χ4n) is 5.16. The predicted octanol–water partition coefficient (Wildman–Crippen LogP) is 7.82. The first kappa shape index (κ1) is 21.7. The fraction of sp³-hybridized carbons (Fsp3) is 0.125. The third kappa shape index (κ3) is 3.92. The Morgan fingerprint density at radius 1 is 0.771 bits per heavy atom. The molecule has 35 heavy (non-hydrogen) atoms. The molecule has 0 N–H and O–H groups in total. The number of pyridine rings is 2. The normalized spacial score (nSPS) is 11.4. The second-order valence-electron chi connectivity index (χ2n) is 9.28. The average Bonchev–Trinajstić information content (AvgIpc) is 3.23. The maximum atomic E-state index is 5.02. The van der Waals surface area contributed by atoms with Crippen LogP contribution in [-0.2, 0) is 13.5 Å². The van der Waals surface area contributed by atoms with E-state index in [4.69, 9.17) is 4.98 Å². The molecule has 0 aliphatic heterocycles. The second-order valence-corrected chi connectivity index (χ2v) is 10.3. The van der Waals surface area contributed by atoms with Gasteiger partial charge in [-0.2, -0.15) is 0 Å². The Labute approximate surface area is 210 Å². The van der Waals surface area contributed by atoms with Crippen LogP contribution in [0.5, 0.6) is 0 Å². The fourth-order valence-corrected chi connectivity index (χ4v) is 6.44. The quantitative estimate of drug-likeness (QED) is 0.240. The van der Waals surface area contributed by atoms with Crippen molar-refractivity contribution in [3.8, 4) is 22.5 Å². The highest BCUT2D eigenvalue weighted by molar-refractivity contribution is 7.26. The van der Waals surface area contributed by atoms with Gasteiger partial charge in [-0.25, -0.2) is 4.57 Å². The number of benzene rings is 3. The minimum absolute atomic E-state index is 0.846. The monoisotopic (exact) mass is 471 g/mol. The maximum absolute atomic E-state index is 5.02. The van der Waals surface area contributed by atoms with Crippen molar-refractivity contribution in [1.82, 2.24) is 4.98 Å². The summed E-state index contributed by atoms with van der Waals surface area (Å²) in [6.45, 7) is 4.25. The van der Waals surface area contributed by atoms with Crippen LogP contribution in [0.1, 0.15) is 22.4 Å². The Morgan fingerprint density at radius 3 is 2.43 bits per heavy atom. The summed E-state index contributed by atoms with van der Waals surface area (Å²) >= 11 is 1.88. The van der Waals surface area contributed by atoms with Gasteiger partial charge in [-0.05, 0) is 67.3 Å². The van der Waals surface area contributed by atoms with E-state index in [-0.39, 0.29) is 0 Å². The number of aromatic nitrogens is 2. The molecule has 3 heterocycles. The van der Waals surface area contributed by atoms with Crippen molar-refractivity contribution in [3.05, 3.63) is 120 Å². The van der Waals surface area contributed by atoms with Gasteiger partial charge in [-0.15, -0.1) is 11.3 Å². The van der Waals surface area contributed by atoms with E-state index in [0.29, 0.717) is 0 Å². The molecule has 6 aromatic rings. The molecule has 0 bridgehead atoms. The summed E-state index contributed by atoms with van der Waals surface area (Å²) in [5.41, 5.74) is 9.76. The summed E-state index contributed by atoms with van der Waals surface area (Å²) in [7, 11) is 2.11. The van der Waals surface area contributed by atoms with E-state index in [1.807, 2.05) is 11.3 Å². The van der Waals surface area contributed by atoms with Crippen LogP contribution < -0.4 is 4.57 Å². The van der Waals surface area contributed by atoms with Gasteiger partial charge in [0.15, 0.2) is 6.20 Å². The molecule has 6 rings (SSSR count). The van der Waals surface area contributed by atoms with Gasteiger partial charge in [0.2, 0.25) is 5.69 Å². The first-order valence-electron chi connectivity index (χ1n) is 12.0. The molecule has 2 nitrogen and oxygen atoms in total. The number of hydrogen-bond donors (Lipinski definition) is 0. The molecule has 0 spiro atoms. The van der Waals surface area contributed by atoms with Gasteiger partial charge in [0.05, 0.1) is 5.69 Å². The lowest BCUT2D eigenvalue weighted by molar-refractivity contribution is -0.660. The topological polar surface area (TPSA) is 16.8 Å². The third-order valence-electron chi connectivity index (χ3n) is 6.72. The second kappa shape index (κ2) is 8.75. The zero-order chi connectivity index (χ0) is 23.9. The largest absolute Gasteiger partial charge is 0.253 e. The van der Waals surface area contributed by atoms with Crippen LogP contribution in [0.15, 0.2) is 97.2 Å². The highest BCUT2D eigenvalue weighted by atomic mass is 32.1. The molecule has 170 valence electrons. The van der Waals surface area contributed by atoms with Crippen LogP contribution in [0.25, 0.3) is 42.7 Å². The van der Waals surface area contributed by atoms with E-state index >= 15 is 0 Å². The first-order valence-corrected chi connectivity index (χ1v) is 12.8. The Kier molecular flexibility index (Phi) is 5.43. The molecule has 0 amide bonds. The molecule has 0 saturated carbocycles. The zero-order valence-corrected chi connectivity index (χ0v) is 21.1. The van der Waals surface area contributed by atoms with Crippen LogP contribution in [0.2, 0.25) is 0 Å². The molecule has 0 fully saturated rings. The van der Waals surface area contributed by atoms with E-state index in [9.17, 15) is 0 Å². The van der Waals surface area contributed by atoms with Crippen molar-refractivity contribution in [2.45, 2.75) is 20.3 Å². The first-order chi connectivity index (χ1) is 17.1. The number of rotatable bonds is 4. The van der Waals surface area contributed by atoms with Gasteiger partial charge in [0, 0.05) is 49.1 Å². The minimum atomic E-state index is 0.846. The maximum Gasteiger partial charge on any atom is 0.212 e. The number of nitrogens with zero attached hydrogens (tertiary/aromatic N) is 2. The van der Waals surface area contributed by atoms with E-state index < -0.39 is 0 Å². The van der Waals surface area contributed by atoms with Crippen molar-refractivity contribution in [1.29, 1.82) is 0 Å². The molecule has 3 aromatic heterocycles. The Balaban J connectivity index is 1.60. The Bertz CT molecular complexity index is 1690. The summed E-state index contributed by atoms with van der Waals surface area (Å²) in [6, 6.07) is 32.9. The van der Waals surface area contributed by atoms with Gasteiger partial charge >= 0.3 is 0 Å². The molecule has 0 saturated heterocycles. The lowest BCUT2D eigenvalue weighted by Gasteiger charge is -2.14. The van der Waals surface area contributed by atoms with Crippen molar-refractivity contribution in [3.63, 3.8) is 0 Å². The number of aryl methyl sites for hydroxylation is 3. The highest BCUT2D eigenvalue weighted by Gasteiger charge is 2.19. The smallest absolute Gasteiger partial charge is 0.212 e. The molecule has 0 unspecified atom stereocenters. The summed E-state index contributed by atoms with van der Waals surface area (Å²) in [5, 5.41) is 2.63. The van der Waals surface area contributed by atoms with E-state index in [1.54, 1.807) is 0 Å². The SMILES string of the molecule is Cc1cc(C)nc(-c2c(Cc3ccccc3-c3cccc[n+]3C)ccc3c2sc2ccccc23)c1.